The minimum absolute atomic E-state index is 0.0703. The van der Waals surface area contributed by atoms with Crippen LogP contribution >= 0.6 is 11.6 Å². The van der Waals surface area contributed by atoms with Crippen LogP contribution in [0.4, 0.5) is 5.69 Å². The maximum absolute atomic E-state index is 10.9. The Morgan fingerprint density at radius 3 is 3.00 bits per heavy atom. The van der Waals surface area contributed by atoms with Gasteiger partial charge in [-0.25, -0.2) is 4.98 Å². The first-order valence-electron chi connectivity index (χ1n) is 4.51. The molecule has 6 nitrogen and oxygen atoms in total. The van der Waals surface area contributed by atoms with Crippen LogP contribution in [0.25, 0.3) is 5.82 Å². The van der Waals surface area contributed by atoms with E-state index in [9.17, 15) is 10.1 Å². The van der Waals surface area contributed by atoms with Gasteiger partial charge in [0.15, 0.2) is 0 Å². The van der Waals surface area contributed by atoms with Crippen LogP contribution in [0, 0.1) is 21.4 Å². The summed E-state index contributed by atoms with van der Waals surface area (Å²) >= 11 is 5.65. The summed E-state index contributed by atoms with van der Waals surface area (Å²) in [5.74, 6) is 0.0703. The molecule has 84 valence electrons. The Morgan fingerprint density at radius 2 is 2.35 bits per heavy atom. The Kier molecular flexibility index (Phi) is 2.77. The monoisotopic (exact) mass is 248 g/mol. The van der Waals surface area contributed by atoms with Gasteiger partial charge in [-0.3, -0.25) is 14.7 Å². The number of pyridine rings is 1. The fraction of sp³-hybridized carbons (Fsp3) is 0. The van der Waals surface area contributed by atoms with Gasteiger partial charge in [0.1, 0.15) is 11.8 Å². The highest BCUT2D eigenvalue weighted by atomic mass is 35.5. The maximum Gasteiger partial charge on any atom is 0.313 e. The van der Waals surface area contributed by atoms with Gasteiger partial charge in [-0.1, -0.05) is 11.6 Å². The van der Waals surface area contributed by atoms with Gasteiger partial charge in [0, 0.05) is 18.5 Å². The van der Waals surface area contributed by atoms with Gasteiger partial charge in [0.25, 0.3) is 0 Å². The predicted octanol–water partition coefficient (Wildman–Crippen LogP) is 2.31. The van der Waals surface area contributed by atoms with E-state index in [-0.39, 0.29) is 22.2 Å². The number of nitriles is 1. The van der Waals surface area contributed by atoms with Crippen molar-refractivity contribution in [3.63, 3.8) is 0 Å². The van der Waals surface area contributed by atoms with E-state index in [0.717, 1.165) is 0 Å². The second-order valence-electron chi connectivity index (χ2n) is 3.13. The fourth-order valence-corrected chi connectivity index (χ4v) is 1.55. The molecule has 0 amide bonds. The highest BCUT2D eigenvalue weighted by Crippen LogP contribution is 2.25. The van der Waals surface area contributed by atoms with Crippen molar-refractivity contribution in [2.45, 2.75) is 0 Å². The highest BCUT2D eigenvalue weighted by molar-refractivity contribution is 6.30. The van der Waals surface area contributed by atoms with Crippen LogP contribution in [0.5, 0.6) is 0 Å². The van der Waals surface area contributed by atoms with Crippen LogP contribution in [0.1, 0.15) is 5.69 Å². The van der Waals surface area contributed by atoms with Crippen molar-refractivity contribution in [3.8, 4) is 11.9 Å². The number of halogens is 1. The minimum Gasteiger partial charge on any atom is -0.287 e. The molecule has 0 radical (unpaired) electrons. The number of aromatic nitrogens is 2. The molecular formula is C10H5ClN4O2. The smallest absolute Gasteiger partial charge is 0.287 e. The Morgan fingerprint density at radius 1 is 1.59 bits per heavy atom. The van der Waals surface area contributed by atoms with Crippen LogP contribution in [-0.4, -0.2) is 14.5 Å². The molecule has 0 N–H and O–H groups in total. The standard InChI is InChI=1S/C10H5ClN4O2/c11-7-4-9(15(16)17)10(13-6-7)14-3-1-2-8(14)5-12/h1-4,6H. The normalized spacial score (nSPS) is 9.88. The van der Waals surface area contributed by atoms with E-state index in [0.29, 0.717) is 0 Å². The molecule has 0 unspecified atom stereocenters. The van der Waals surface area contributed by atoms with Gasteiger partial charge in [-0.2, -0.15) is 5.26 Å². The first-order valence-corrected chi connectivity index (χ1v) is 4.89. The lowest BCUT2D eigenvalue weighted by Gasteiger charge is -2.04. The Hall–Kier alpha value is -2.39. The van der Waals surface area contributed by atoms with Gasteiger partial charge in [-0.05, 0) is 12.1 Å². The molecule has 0 spiro atoms. The second kappa shape index (κ2) is 4.23. The maximum atomic E-state index is 10.9. The van der Waals surface area contributed by atoms with Crippen LogP contribution in [-0.2, 0) is 0 Å². The van der Waals surface area contributed by atoms with E-state index in [1.807, 2.05) is 6.07 Å². The van der Waals surface area contributed by atoms with Gasteiger partial charge in [0.2, 0.25) is 5.82 Å². The molecule has 2 rings (SSSR count). The minimum atomic E-state index is -0.588. The zero-order valence-electron chi connectivity index (χ0n) is 8.37. The molecule has 2 aromatic heterocycles. The highest BCUT2D eigenvalue weighted by Gasteiger charge is 2.19. The van der Waals surface area contributed by atoms with Crippen LogP contribution in [0.15, 0.2) is 30.6 Å². The molecule has 0 atom stereocenters. The third kappa shape index (κ3) is 1.96. The number of hydrogen-bond acceptors (Lipinski definition) is 4. The number of nitrogens with zero attached hydrogens (tertiary/aromatic N) is 4. The topological polar surface area (TPSA) is 84.8 Å². The lowest BCUT2D eigenvalue weighted by Crippen LogP contribution is -2.03. The molecule has 0 aliphatic carbocycles. The lowest BCUT2D eigenvalue weighted by atomic mass is 10.3. The van der Waals surface area contributed by atoms with Crippen molar-refractivity contribution >= 4 is 17.3 Å². The van der Waals surface area contributed by atoms with Crippen LogP contribution in [0.2, 0.25) is 5.02 Å². The van der Waals surface area contributed by atoms with E-state index < -0.39 is 4.92 Å². The van der Waals surface area contributed by atoms with Crippen LogP contribution < -0.4 is 0 Å². The summed E-state index contributed by atoms with van der Waals surface area (Å²) in [5.41, 5.74) is 0.0214. The SMILES string of the molecule is N#Cc1cccn1-c1ncc(Cl)cc1[N+](=O)[O-]. The summed E-state index contributed by atoms with van der Waals surface area (Å²) in [6.07, 6.45) is 2.83. The summed E-state index contributed by atoms with van der Waals surface area (Å²) in [4.78, 5) is 14.2. The van der Waals surface area contributed by atoms with Crippen molar-refractivity contribution in [1.82, 2.24) is 9.55 Å². The van der Waals surface area contributed by atoms with Crippen molar-refractivity contribution in [2.24, 2.45) is 0 Å². The molecule has 0 bridgehead atoms. The molecule has 0 aromatic carbocycles. The Labute approximate surface area is 101 Å². The summed E-state index contributed by atoms with van der Waals surface area (Å²) in [5, 5.41) is 19.9. The summed E-state index contributed by atoms with van der Waals surface area (Å²) < 4.78 is 1.34. The average Bonchev–Trinajstić information content (AvgIpc) is 2.76. The molecule has 2 aromatic rings. The summed E-state index contributed by atoms with van der Waals surface area (Å²) in [6, 6.07) is 6.27. The van der Waals surface area contributed by atoms with E-state index in [1.54, 1.807) is 12.1 Å². The largest absolute Gasteiger partial charge is 0.313 e. The number of nitro groups is 1. The molecule has 7 heteroatoms. The third-order valence-electron chi connectivity index (χ3n) is 2.10. The summed E-state index contributed by atoms with van der Waals surface area (Å²) in [7, 11) is 0. The quantitative estimate of drug-likeness (QED) is 0.603. The zero-order chi connectivity index (χ0) is 12.4. The van der Waals surface area contributed by atoms with E-state index >= 15 is 0 Å². The Balaban J connectivity index is 2.68. The number of hydrogen-bond donors (Lipinski definition) is 0. The van der Waals surface area contributed by atoms with E-state index in [4.69, 9.17) is 16.9 Å². The van der Waals surface area contributed by atoms with E-state index in [2.05, 4.69) is 4.98 Å². The van der Waals surface area contributed by atoms with Crippen molar-refractivity contribution in [3.05, 3.63) is 51.4 Å². The molecule has 2 heterocycles. The number of rotatable bonds is 2. The van der Waals surface area contributed by atoms with E-state index in [1.165, 1.54) is 23.0 Å². The molecule has 0 saturated heterocycles. The van der Waals surface area contributed by atoms with Gasteiger partial charge in [-0.15, -0.1) is 0 Å². The average molecular weight is 249 g/mol. The first-order chi connectivity index (χ1) is 8.13. The molecule has 0 fully saturated rings. The van der Waals surface area contributed by atoms with Crippen molar-refractivity contribution < 1.29 is 4.92 Å². The van der Waals surface area contributed by atoms with Crippen molar-refractivity contribution in [1.29, 1.82) is 5.26 Å². The van der Waals surface area contributed by atoms with Crippen molar-refractivity contribution in [2.75, 3.05) is 0 Å². The van der Waals surface area contributed by atoms with Gasteiger partial charge >= 0.3 is 5.69 Å². The molecule has 0 aliphatic rings. The zero-order valence-corrected chi connectivity index (χ0v) is 9.13. The summed E-state index contributed by atoms with van der Waals surface area (Å²) in [6.45, 7) is 0. The lowest BCUT2D eigenvalue weighted by molar-refractivity contribution is -0.384. The molecule has 0 aliphatic heterocycles. The van der Waals surface area contributed by atoms with Gasteiger partial charge in [0.05, 0.1) is 9.95 Å². The second-order valence-corrected chi connectivity index (χ2v) is 3.57. The Bertz CT molecular complexity index is 629. The fourth-order valence-electron chi connectivity index (χ4n) is 1.40. The van der Waals surface area contributed by atoms with Gasteiger partial charge < -0.3 is 0 Å². The molecular weight excluding hydrogens is 244 g/mol. The molecule has 0 saturated carbocycles. The van der Waals surface area contributed by atoms with Crippen LogP contribution in [0.3, 0.4) is 0 Å². The predicted molar refractivity (Wildman–Crippen MR) is 59.9 cm³/mol. The first kappa shape index (κ1) is 11.1. The molecule has 17 heavy (non-hydrogen) atoms. The third-order valence-corrected chi connectivity index (χ3v) is 2.31.